The van der Waals surface area contributed by atoms with E-state index in [0.717, 1.165) is 44.4 Å². The number of hydrogen-bond acceptors (Lipinski definition) is 6. The van der Waals surface area contributed by atoms with E-state index in [1.807, 2.05) is 6.07 Å². The standard InChI is InChI=1S/C15H20N6O/c16-8-13-18-9-12(19-13)15-17-5-3-14(20-15)21-6-1-2-11(10-21)4-7-22/h3,5,8-9,11,16,22H,1-2,4,6-7,10H2,(H,18,19). The smallest absolute Gasteiger partial charge is 0.179 e. The van der Waals surface area contributed by atoms with Gasteiger partial charge in [-0.2, -0.15) is 0 Å². The predicted molar refractivity (Wildman–Crippen MR) is 84.1 cm³/mol. The van der Waals surface area contributed by atoms with Crippen molar-refractivity contribution in [3.63, 3.8) is 0 Å². The third kappa shape index (κ3) is 3.14. The molecule has 0 aromatic carbocycles. The van der Waals surface area contributed by atoms with Crippen molar-refractivity contribution in [3.8, 4) is 11.5 Å². The summed E-state index contributed by atoms with van der Waals surface area (Å²) in [5.41, 5.74) is 0.712. The molecule has 1 fully saturated rings. The Balaban J connectivity index is 1.79. The van der Waals surface area contributed by atoms with Crippen LogP contribution in [0.2, 0.25) is 0 Å². The normalized spacial score (nSPS) is 18.4. The minimum absolute atomic E-state index is 0.244. The van der Waals surface area contributed by atoms with Gasteiger partial charge in [0.1, 0.15) is 17.3 Å². The highest BCUT2D eigenvalue weighted by atomic mass is 16.3. The lowest BCUT2D eigenvalue weighted by Gasteiger charge is -2.33. The van der Waals surface area contributed by atoms with E-state index < -0.39 is 0 Å². The molecular formula is C15H20N6O. The average Bonchev–Trinajstić information content (AvgIpc) is 3.05. The lowest BCUT2D eigenvalue weighted by Crippen LogP contribution is -2.36. The first-order valence-corrected chi connectivity index (χ1v) is 7.55. The molecule has 1 aliphatic heterocycles. The highest BCUT2D eigenvalue weighted by Crippen LogP contribution is 2.24. The van der Waals surface area contributed by atoms with Crippen LogP contribution in [0.15, 0.2) is 18.5 Å². The second-order valence-electron chi connectivity index (χ2n) is 5.53. The fraction of sp³-hybridized carbons (Fsp3) is 0.467. The first-order valence-electron chi connectivity index (χ1n) is 7.55. The molecule has 0 amide bonds. The maximum atomic E-state index is 9.12. The van der Waals surface area contributed by atoms with Crippen LogP contribution in [0, 0.1) is 11.3 Å². The molecule has 3 heterocycles. The number of rotatable bonds is 5. The zero-order valence-corrected chi connectivity index (χ0v) is 12.4. The fourth-order valence-electron chi connectivity index (χ4n) is 2.87. The largest absolute Gasteiger partial charge is 0.396 e. The molecule has 22 heavy (non-hydrogen) atoms. The van der Waals surface area contributed by atoms with Gasteiger partial charge in [0, 0.05) is 25.9 Å². The number of imidazole rings is 1. The van der Waals surface area contributed by atoms with Gasteiger partial charge >= 0.3 is 0 Å². The number of H-pyrrole nitrogens is 1. The van der Waals surface area contributed by atoms with E-state index in [0.29, 0.717) is 23.3 Å². The summed E-state index contributed by atoms with van der Waals surface area (Å²) in [5.74, 6) is 2.50. The van der Waals surface area contributed by atoms with E-state index in [-0.39, 0.29) is 6.61 Å². The van der Waals surface area contributed by atoms with Crippen molar-refractivity contribution in [2.24, 2.45) is 5.92 Å². The van der Waals surface area contributed by atoms with Crippen molar-refractivity contribution >= 4 is 12.0 Å². The van der Waals surface area contributed by atoms with Gasteiger partial charge in [0.25, 0.3) is 0 Å². The first-order chi connectivity index (χ1) is 10.8. The molecule has 0 radical (unpaired) electrons. The van der Waals surface area contributed by atoms with Crippen LogP contribution in [-0.2, 0) is 0 Å². The SMILES string of the molecule is N=Cc1ncc(-c2nccc(N3CCCC(CCO)C3)n2)[nH]1. The van der Waals surface area contributed by atoms with E-state index >= 15 is 0 Å². The van der Waals surface area contributed by atoms with Crippen molar-refractivity contribution in [3.05, 3.63) is 24.3 Å². The Morgan fingerprint density at radius 1 is 1.45 bits per heavy atom. The third-order valence-corrected chi connectivity index (χ3v) is 3.99. The molecule has 1 aliphatic rings. The molecule has 1 unspecified atom stereocenters. The second kappa shape index (κ2) is 6.65. The highest BCUT2D eigenvalue weighted by Gasteiger charge is 2.21. The van der Waals surface area contributed by atoms with Gasteiger partial charge in [-0.25, -0.2) is 15.0 Å². The fourth-order valence-corrected chi connectivity index (χ4v) is 2.87. The minimum Gasteiger partial charge on any atom is -0.396 e. The van der Waals surface area contributed by atoms with Gasteiger partial charge in [-0.05, 0) is 31.2 Å². The quantitative estimate of drug-likeness (QED) is 0.726. The van der Waals surface area contributed by atoms with E-state index in [9.17, 15) is 0 Å². The number of anilines is 1. The maximum Gasteiger partial charge on any atom is 0.179 e. The van der Waals surface area contributed by atoms with Gasteiger partial charge in [0.2, 0.25) is 0 Å². The van der Waals surface area contributed by atoms with Crippen LogP contribution >= 0.6 is 0 Å². The summed E-state index contributed by atoms with van der Waals surface area (Å²) in [5, 5.41) is 16.3. The van der Waals surface area contributed by atoms with Crippen LogP contribution in [0.3, 0.4) is 0 Å². The molecule has 2 aromatic rings. The Hall–Kier alpha value is -2.28. The van der Waals surface area contributed by atoms with Crippen LogP contribution < -0.4 is 4.90 Å². The molecule has 116 valence electrons. The van der Waals surface area contributed by atoms with E-state index in [1.165, 1.54) is 0 Å². The van der Waals surface area contributed by atoms with Crippen LogP contribution in [0.4, 0.5) is 5.82 Å². The topological polar surface area (TPSA) is 102 Å². The second-order valence-corrected chi connectivity index (χ2v) is 5.53. The molecule has 0 aliphatic carbocycles. The van der Waals surface area contributed by atoms with Crippen LogP contribution in [0.5, 0.6) is 0 Å². The Kier molecular flexibility index (Phi) is 4.43. The Morgan fingerprint density at radius 2 is 2.36 bits per heavy atom. The first kappa shape index (κ1) is 14.6. The molecule has 0 saturated carbocycles. The number of nitrogens with zero attached hydrogens (tertiary/aromatic N) is 4. The Labute approximate surface area is 129 Å². The number of nitrogens with one attached hydrogen (secondary N) is 2. The summed E-state index contributed by atoms with van der Waals surface area (Å²) in [6.45, 7) is 2.15. The van der Waals surface area contributed by atoms with Gasteiger partial charge in [0.15, 0.2) is 5.82 Å². The number of aliphatic hydroxyl groups is 1. The van der Waals surface area contributed by atoms with Gasteiger partial charge in [0.05, 0.1) is 12.4 Å². The summed E-state index contributed by atoms with van der Waals surface area (Å²) >= 11 is 0. The van der Waals surface area contributed by atoms with Crippen molar-refractivity contribution < 1.29 is 5.11 Å². The van der Waals surface area contributed by atoms with Gasteiger partial charge in [-0.3, -0.25) is 0 Å². The molecule has 1 saturated heterocycles. The number of hydrogen-bond donors (Lipinski definition) is 3. The van der Waals surface area contributed by atoms with E-state index in [2.05, 4.69) is 24.8 Å². The lowest BCUT2D eigenvalue weighted by molar-refractivity contribution is 0.244. The number of piperidine rings is 1. The Morgan fingerprint density at radius 3 is 3.14 bits per heavy atom. The minimum atomic E-state index is 0.244. The van der Waals surface area contributed by atoms with Crippen LogP contribution in [0.1, 0.15) is 25.1 Å². The van der Waals surface area contributed by atoms with Gasteiger partial charge in [-0.1, -0.05) is 0 Å². The summed E-state index contributed by atoms with van der Waals surface area (Å²) < 4.78 is 0. The van der Waals surface area contributed by atoms with Crippen molar-refractivity contribution in [2.45, 2.75) is 19.3 Å². The maximum absolute atomic E-state index is 9.12. The molecule has 0 spiro atoms. The van der Waals surface area contributed by atoms with Crippen LogP contribution in [0.25, 0.3) is 11.5 Å². The van der Waals surface area contributed by atoms with Gasteiger partial charge < -0.3 is 20.4 Å². The summed E-state index contributed by atoms with van der Waals surface area (Å²) in [4.78, 5) is 18.2. The van der Waals surface area contributed by atoms with Crippen LogP contribution in [-0.4, -0.2) is 51.0 Å². The molecule has 7 nitrogen and oxygen atoms in total. The Bertz CT molecular complexity index is 638. The lowest BCUT2D eigenvalue weighted by atomic mass is 9.95. The average molecular weight is 300 g/mol. The predicted octanol–water partition coefficient (Wildman–Crippen LogP) is 1.46. The zero-order valence-electron chi connectivity index (χ0n) is 12.4. The zero-order chi connectivity index (χ0) is 15.4. The van der Waals surface area contributed by atoms with Crippen molar-refractivity contribution in [1.29, 1.82) is 5.41 Å². The summed E-state index contributed by atoms with van der Waals surface area (Å²) in [6, 6.07) is 1.92. The molecule has 3 rings (SSSR count). The molecule has 3 N–H and O–H groups in total. The van der Waals surface area contributed by atoms with E-state index in [1.54, 1.807) is 12.4 Å². The molecule has 7 heteroatoms. The van der Waals surface area contributed by atoms with Gasteiger partial charge in [-0.15, -0.1) is 0 Å². The molecule has 2 aromatic heterocycles. The van der Waals surface area contributed by atoms with Crippen molar-refractivity contribution in [2.75, 3.05) is 24.6 Å². The summed E-state index contributed by atoms with van der Waals surface area (Å²) in [7, 11) is 0. The molecule has 1 atom stereocenters. The number of aromatic amines is 1. The molecule has 0 bridgehead atoms. The summed E-state index contributed by atoms with van der Waals surface area (Å²) in [6.07, 6.45) is 7.68. The third-order valence-electron chi connectivity index (χ3n) is 3.99. The number of aromatic nitrogens is 4. The van der Waals surface area contributed by atoms with E-state index in [4.69, 9.17) is 10.5 Å². The molecular weight excluding hydrogens is 280 g/mol. The number of aliphatic hydroxyl groups excluding tert-OH is 1. The van der Waals surface area contributed by atoms with Crippen molar-refractivity contribution in [1.82, 2.24) is 19.9 Å². The highest BCUT2D eigenvalue weighted by molar-refractivity contribution is 5.72. The monoisotopic (exact) mass is 300 g/mol.